The van der Waals surface area contributed by atoms with Crippen LogP contribution in [0.15, 0.2) is 48.5 Å². The number of nitrogens with zero attached hydrogens (tertiary/aromatic N) is 2. The van der Waals surface area contributed by atoms with Crippen molar-refractivity contribution in [1.82, 2.24) is 5.32 Å². The van der Waals surface area contributed by atoms with Gasteiger partial charge in [0.2, 0.25) is 0 Å². The monoisotopic (exact) mass is 313 g/mol. The standard InChI is InChI=1S/C17H19N3O3/c1-19(2)15-9-8-14(12-16(15)20(22)23)17(21)18-11-10-13-6-4-3-5-7-13/h3-9,12H,10-11H2,1-2H3,(H,18,21). The van der Waals surface area contributed by atoms with Gasteiger partial charge in [0.05, 0.1) is 4.92 Å². The molecule has 0 saturated carbocycles. The molecule has 1 amide bonds. The number of anilines is 1. The minimum Gasteiger partial charge on any atom is -0.372 e. The molecule has 0 radical (unpaired) electrons. The fourth-order valence-electron chi connectivity index (χ4n) is 2.26. The summed E-state index contributed by atoms with van der Waals surface area (Å²) < 4.78 is 0. The van der Waals surface area contributed by atoms with Crippen molar-refractivity contribution in [2.45, 2.75) is 6.42 Å². The van der Waals surface area contributed by atoms with Gasteiger partial charge in [0.1, 0.15) is 5.69 Å². The van der Waals surface area contributed by atoms with Crippen LogP contribution in [0.2, 0.25) is 0 Å². The number of carbonyl (C=O) groups excluding carboxylic acids is 1. The van der Waals surface area contributed by atoms with E-state index < -0.39 is 4.92 Å². The highest BCUT2D eigenvalue weighted by Gasteiger charge is 2.18. The maximum Gasteiger partial charge on any atom is 0.293 e. The van der Waals surface area contributed by atoms with E-state index >= 15 is 0 Å². The first-order valence-corrected chi connectivity index (χ1v) is 7.27. The summed E-state index contributed by atoms with van der Waals surface area (Å²) in [5.41, 5.74) is 1.80. The van der Waals surface area contributed by atoms with E-state index in [1.165, 1.54) is 6.07 Å². The number of amides is 1. The quantitative estimate of drug-likeness (QED) is 0.657. The molecule has 0 fully saturated rings. The molecular weight excluding hydrogens is 294 g/mol. The van der Waals surface area contributed by atoms with Crippen LogP contribution in [0.1, 0.15) is 15.9 Å². The summed E-state index contributed by atoms with van der Waals surface area (Å²) in [7, 11) is 3.45. The molecule has 0 bridgehead atoms. The van der Waals surface area contributed by atoms with E-state index in [1.54, 1.807) is 31.1 Å². The molecule has 2 rings (SSSR count). The van der Waals surface area contributed by atoms with Crippen LogP contribution in [0.25, 0.3) is 0 Å². The Balaban J connectivity index is 2.04. The van der Waals surface area contributed by atoms with Gasteiger partial charge in [-0.3, -0.25) is 14.9 Å². The lowest BCUT2D eigenvalue weighted by molar-refractivity contribution is -0.384. The molecule has 0 saturated heterocycles. The average Bonchev–Trinajstić information content (AvgIpc) is 2.55. The van der Waals surface area contributed by atoms with Crippen LogP contribution in [-0.2, 0) is 6.42 Å². The Morgan fingerprint density at radius 2 is 1.87 bits per heavy atom. The molecule has 0 aliphatic carbocycles. The molecule has 0 aromatic heterocycles. The second-order valence-electron chi connectivity index (χ2n) is 5.35. The van der Waals surface area contributed by atoms with Crippen LogP contribution < -0.4 is 10.2 Å². The molecule has 2 aromatic rings. The van der Waals surface area contributed by atoms with Gasteiger partial charge in [-0.05, 0) is 24.1 Å². The van der Waals surface area contributed by atoms with Crippen LogP contribution in [-0.4, -0.2) is 31.5 Å². The maximum absolute atomic E-state index is 12.1. The van der Waals surface area contributed by atoms with E-state index in [0.717, 1.165) is 5.56 Å². The third kappa shape index (κ3) is 4.29. The Morgan fingerprint density at radius 3 is 2.48 bits per heavy atom. The number of nitro benzene ring substituents is 1. The second-order valence-corrected chi connectivity index (χ2v) is 5.35. The molecular formula is C17H19N3O3. The predicted octanol–water partition coefficient (Wildman–Crippen LogP) is 2.63. The van der Waals surface area contributed by atoms with Gasteiger partial charge in [-0.15, -0.1) is 0 Å². The van der Waals surface area contributed by atoms with E-state index in [9.17, 15) is 14.9 Å². The first kappa shape index (κ1) is 16.5. The van der Waals surface area contributed by atoms with Crippen LogP contribution >= 0.6 is 0 Å². The summed E-state index contributed by atoms with van der Waals surface area (Å²) in [5, 5.41) is 13.9. The molecule has 120 valence electrons. The van der Waals surface area contributed by atoms with E-state index in [4.69, 9.17) is 0 Å². The Bertz CT molecular complexity index is 699. The average molecular weight is 313 g/mol. The lowest BCUT2D eigenvalue weighted by Gasteiger charge is -2.13. The van der Waals surface area contributed by atoms with Gasteiger partial charge >= 0.3 is 0 Å². The summed E-state index contributed by atoms with van der Waals surface area (Å²) in [6, 6.07) is 14.3. The highest BCUT2D eigenvalue weighted by Crippen LogP contribution is 2.27. The number of hydrogen-bond acceptors (Lipinski definition) is 4. The van der Waals surface area contributed by atoms with Gasteiger partial charge in [0.25, 0.3) is 11.6 Å². The smallest absolute Gasteiger partial charge is 0.293 e. The van der Waals surface area contributed by atoms with Gasteiger partial charge in [-0.2, -0.15) is 0 Å². The van der Waals surface area contributed by atoms with Crippen molar-refractivity contribution in [2.75, 3.05) is 25.5 Å². The van der Waals surface area contributed by atoms with Crippen molar-refractivity contribution in [3.63, 3.8) is 0 Å². The number of carbonyl (C=O) groups is 1. The lowest BCUT2D eigenvalue weighted by atomic mass is 10.1. The van der Waals surface area contributed by atoms with E-state index in [0.29, 0.717) is 18.7 Å². The normalized spacial score (nSPS) is 10.2. The van der Waals surface area contributed by atoms with Crippen molar-refractivity contribution in [2.24, 2.45) is 0 Å². The zero-order valence-corrected chi connectivity index (χ0v) is 13.2. The topological polar surface area (TPSA) is 75.5 Å². The summed E-state index contributed by atoms with van der Waals surface area (Å²) in [6.07, 6.45) is 0.713. The maximum atomic E-state index is 12.1. The van der Waals surface area contributed by atoms with Gasteiger partial charge in [0.15, 0.2) is 0 Å². The molecule has 0 unspecified atom stereocenters. The molecule has 0 aliphatic rings. The van der Waals surface area contributed by atoms with Crippen molar-refractivity contribution in [3.05, 3.63) is 69.8 Å². The van der Waals surface area contributed by atoms with Gasteiger partial charge < -0.3 is 10.2 Å². The predicted molar refractivity (Wildman–Crippen MR) is 89.9 cm³/mol. The number of nitrogens with one attached hydrogen (secondary N) is 1. The van der Waals surface area contributed by atoms with Crippen molar-refractivity contribution in [1.29, 1.82) is 0 Å². The van der Waals surface area contributed by atoms with Crippen LogP contribution in [0.4, 0.5) is 11.4 Å². The minimum absolute atomic E-state index is 0.0780. The number of hydrogen-bond donors (Lipinski definition) is 1. The molecule has 0 atom stereocenters. The Morgan fingerprint density at radius 1 is 1.17 bits per heavy atom. The van der Waals surface area contributed by atoms with Crippen molar-refractivity contribution < 1.29 is 9.72 Å². The summed E-state index contributed by atoms with van der Waals surface area (Å²) >= 11 is 0. The van der Waals surface area contributed by atoms with E-state index in [-0.39, 0.29) is 17.2 Å². The van der Waals surface area contributed by atoms with E-state index in [1.807, 2.05) is 30.3 Å². The summed E-state index contributed by atoms with van der Waals surface area (Å²) in [6.45, 7) is 0.478. The number of benzene rings is 2. The minimum atomic E-state index is -0.476. The van der Waals surface area contributed by atoms with Crippen molar-refractivity contribution in [3.8, 4) is 0 Å². The molecule has 23 heavy (non-hydrogen) atoms. The lowest BCUT2D eigenvalue weighted by Crippen LogP contribution is -2.26. The molecule has 0 spiro atoms. The highest BCUT2D eigenvalue weighted by molar-refractivity contribution is 5.95. The molecule has 2 aromatic carbocycles. The van der Waals surface area contributed by atoms with Gasteiger partial charge in [0, 0.05) is 32.3 Å². The zero-order chi connectivity index (χ0) is 16.8. The Kier molecular flexibility index (Phi) is 5.30. The molecule has 6 nitrogen and oxygen atoms in total. The van der Waals surface area contributed by atoms with Crippen LogP contribution in [0, 0.1) is 10.1 Å². The fraction of sp³-hybridized carbons (Fsp3) is 0.235. The van der Waals surface area contributed by atoms with Crippen LogP contribution in [0.3, 0.4) is 0 Å². The largest absolute Gasteiger partial charge is 0.372 e. The molecule has 0 aliphatic heterocycles. The van der Waals surface area contributed by atoms with Gasteiger partial charge in [-0.1, -0.05) is 30.3 Å². The van der Waals surface area contributed by atoms with Gasteiger partial charge in [-0.25, -0.2) is 0 Å². The highest BCUT2D eigenvalue weighted by atomic mass is 16.6. The molecule has 1 N–H and O–H groups in total. The van der Waals surface area contributed by atoms with E-state index in [2.05, 4.69) is 5.32 Å². The van der Waals surface area contributed by atoms with Crippen molar-refractivity contribution >= 4 is 17.3 Å². The Hall–Kier alpha value is -2.89. The SMILES string of the molecule is CN(C)c1ccc(C(=O)NCCc2ccccc2)cc1[N+](=O)[O-]. The summed E-state index contributed by atoms with van der Waals surface area (Å²) in [4.78, 5) is 24.5. The first-order valence-electron chi connectivity index (χ1n) is 7.27. The summed E-state index contributed by atoms with van der Waals surface area (Å²) in [5.74, 6) is -0.311. The van der Waals surface area contributed by atoms with Crippen LogP contribution in [0.5, 0.6) is 0 Å². The third-order valence-corrected chi connectivity index (χ3v) is 3.46. The number of nitro groups is 1. The molecule has 6 heteroatoms. The second kappa shape index (κ2) is 7.40. The zero-order valence-electron chi connectivity index (χ0n) is 13.2. The Labute approximate surface area is 134 Å². The molecule has 0 heterocycles. The number of rotatable bonds is 6. The first-order chi connectivity index (χ1) is 11.0. The third-order valence-electron chi connectivity index (χ3n) is 3.46. The fourth-order valence-corrected chi connectivity index (χ4v) is 2.26.